The normalized spacial score (nSPS) is 14.7. The molecule has 1 atom stereocenters. The Morgan fingerprint density at radius 3 is 2.29 bits per heavy atom. The molecule has 0 saturated heterocycles. The summed E-state index contributed by atoms with van der Waals surface area (Å²) >= 11 is 1.52. The number of amides is 3. The third-order valence-corrected chi connectivity index (χ3v) is 5.15. The molecular weight excluding hydrogens is 326 g/mol. The standard InChI is InChI=1S/C17H17N3O3S/c1-9-11(3)24-14(19-9)8-18-15(21)10(2)20-16(22)12-6-4-5-7-13(12)17(20)23/h4-7,10H,8H2,1-3H3,(H,18,21). The van der Waals surface area contributed by atoms with E-state index >= 15 is 0 Å². The minimum absolute atomic E-state index is 0.283. The number of carbonyl (C=O) groups is 3. The molecule has 1 unspecified atom stereocenters. The summed E-state index contributed by atoms with van der Waals surface area (Å²) in [4.78, 5) is 43.6. The average molecular weight is 343 g/mol. The van der Waals surface area contributed by atoms with E-state index in [1.807, 2.05) is 13.8 Å². The zero-order valence-corrected chi connectivity index (χ0v) is 14.4. The number of hydrogen-bond acceptors (Lipinski definition) is 5. The molecule has 0 spiro atoms. The smallest absolute Gasteiger partial charge is 0.262 e. The van der Waals surface area contributed by atoms with Gasteiger partial charge in [-0.25, -0.2) is 4.98 Å². The lowest BCUT2D eigenvalue weighted by molar-refractivity contribution is -0.124. The van der Waals surface area contributed by atoms with Gasteiger partial charge < -0.3 is 5.32 Å². The molecule has 0 saturated carbocycles. The van der Waals surface area contributed by atoms with Gasteiger partial charge in [-0.2, -0.15) is 0 Å². The summed E-state index contributed by atoms with van der Waals surface area (Å²) in [5.41, 5.74) is 1.62. The SMILES string of the molecule is Cc1nc(CNC(=O)C(C)N2C(=O)c3ccccc3C2=O)sc1C. The van der Waals surface area contributed by atoms with Crippen LogP contribution in [0.3, 0.4) is 0 Å². The van der Waals surface area contributed by atoms with E-state index in [4.69, 9.17) is 0 Å². The molecule has 24 heavy (non-hydrogen) atoms. The number of imide groups is 1. The molecule has 0 fully saturated rings. The van der Waals surface area contributed by atoms with Crippen LogP contribution in [0.5, 0.6) is 0 Å². The zero-order chi connectivity index (χ0) is 17.4. The Hall–Kier alpha value is -2.54. The molecule has 1 aromatic heterocycles. The minimum Gasteiger partial charge on any atom is -0.348 e. The number of aromatic nitrogens is 1. The van der Waals surface area contributed by atoms with Gasteiger partial charge in [0.25, 0.3) is 11.8 Å². The molecule has 6 nitrogen and oxygen atoms in total. The van der Waals surface area contributed by atoms with Crippen molar-refractivity contribution >= 4 is 29.1 Å². The molecule has 1 aliphatic rings. The highest BCUT2D eigenvalue weighted by Gasteiger charge is 2.40. The van der Waals surface area contributed by atoms with Gasteiger partial charge in [-0.3, -0.25) is 19.3 Å². The second-order valence-electron chi connectivity index (χ2n) is 5.67. The van der Waals surface area contributed by atoms with Crippen molar-refractivity contribution < 1.29 is 14.4 Å². The first-order chi connectivity index (χ1) is 11.4. The second-order valence-corrected chi connectivity index (χ2v) is 6.96. The van der Waals surface area contributed by atoms with Crippen molar-refractivity contribution in [3.8, 4) is 0 Å². The number of thiazole rings is 1. The number of hydrogen-bond donors (Lipinski definition) is 1. The summed E-state index contributed by atoms with van der Waals surface area (Å²) in [6, 6.07) is 5.72. The average Bonchev–Trinajstić information content (AvgIpc) is 3.02. The van der Waals surface area contributed by atoms with Crippen LogP contribution in [0, 0.1) is 13.8 Å². The van der Waals surface area contributed by atoms with Gasteiger partial charge >= 0.3 is 0 Å². The van der Waals surface area contributed by atoms with Gasteiger partial charge in [-0.15, -0.1) is 11.3 Å². The van der Waals surface area contributed by atoms with E-state index in [9.17, 15) is 14.4 Å². The second kappa shape index (κ2) is 6.16. The first-order valence-corrected chi connectivity index (χ1v) is 8.39. The number of benzene rings is 1. The van der Waals surface area contributed by atoms with Crippen LogP contribution in [0.25, 0.3) is 0 Å². The largest absolute Gasteiger partial charge is 0.348 e. The lowest BCUT2D eigenvalue weighted by Crippen LogP contribution is -2.47. The Labute approximate surface area is 143 Å². The predicted molar refractivity (Wildman–Crippen MR) is 89.8 cm³/mol. The van der Waals surface area contributed by atoms with E-state index in [0.717, 1.165) is 20.5 Å². The van der Waals surface area contributed by atoms with E-state index in [-0.39, 0.29) is 12.5 Å². The third-order valence-electron chi connectivity index (χ3n) is 4.08. The highest BCUT2D eigenvalue weighted by Crippen LogP contribution is 2.24. The molecule has 2 heterocycles. The maximum absolute atomic E-state index is 12.4. The molecule has 7 heteroatoms. The van der Waals surface area contributed by atoms with Crippen LogP contribution < -0.4 is 5.32 Å². The van der Waals surface area contributed by atoms with Crippen LogP contribution in [0.2, 0.25) is 0 Å². The maximum atomic E-state index is 12.4. The lowest BCUT2D eigenvalue weighted by Gasteiger charge is -2.21. The zero-order valence-electron chi connectivity index (χ0n) is 13.6. The van der Waals surface area contributed by atoms with E-state index in [0.29, 0.717) is 11.1 Å². The fourth-order valence-corrected chi connectivity index (χ4v) is 3.48. The van der Waals surface area contributed by atoms with Crippen LogP contribution in [-0.4, -0.2) is 33.6 Å². The summed E-state index contributed by atoms with van der Waals surface area (Å²) in [7, 11) is 0. The topological polar surface area (TPSA) is 79.4 Å². The third kappa shape index (κ3) is 2.71. The van der Waals surface area contributed by atoms with Gasteiger partial charge in [-0.05, 0) is 32.9 Å². The minimum atomic E-state index is -0.875. The Morgan fingerprint density at radius 1 is 1.21 bits per heavy atom. The molecule has 1 aliphatic heterocycles. The molecular formula is C17H17N3O3S. The van der Waals surface area contributed by atoms with Gasteiger partial charge in [0.05, 0.1) is 23.4 Å². The van der Waals surface area contributed by atoms with Gasteiger partial charge in [0.2, 0.25) is 5.91 Å². The molecule has 124 valence electrons. The Kier molecular flexibility index (Phi) is 4.19. The van der Waals surface area contributed by atoms with Crippen LogP contribution in [0.4, 0.5) is 0 Å². The number of fused-ring (bicyclic) bond motifs is 1. The monoisotopic (exact) mass is 343 g/mol. The molecule has 1 aromatic carbocycles. The van der Waals surface area contributed by atoms with E-state index in [1.165, 1.54) is 11.3 Å². The van der Waals surface area contributed by atoms with Crippen molar-refractivity contribution in [2.75, 3.05) is 0 Å². The van der Waals surface area contributed by atoms with Crippen molar-refractivity contribution in [2.45, 2.75) is 33.4 Å². The quantitative estimate of drug-likeness (QED) is 0.862. The number of carbonyl (C=O) groups excluding carboxylic acids is 3. The van der Waals surface area contributed by atoms with Gasteiger partial charge in [0, 0.05) is 4.88 Å². The Balaban J connectivity index is 1.70. The maximum Gasteiger partial charge on any atom is 0.262 e. The lowest BCUT2D eigenvalue weighted by atomic mass is 10.1. The summed E-state index contributed by atoms with van der Waals surface area (Å²) < 4.78 is 0. The van der Waals surface area contributed by atoms with Crippen molar-refractivity contribution in [1.82, 2.24) is 15.2 Å². The summed E-state index contributed by atoms with van der Waals surface area (Å²) in [5.74, 6) is -1.24. The van der Waals surface area contributed by atoms with Crippen molar-refractivity contribution in [3.63, 3.8) is 0 Å². The van der Waals surface area contributed by atoms with Crippen molar-refractivity contribution in [1.29, 1.82) is 0 Å². The molecule has 3 amide bonds. The Bertz CT molecular complexity index is 789. The van der Waals surface area contributed by atoms with Crippen LogP contribution in [0.1, 0.15) is 43.2 Å². The summed E-state index contributed by atoms with van der Waals surface area (Å²) in [6.45, 7) is 5.72. The summed E-state index contributed by atoms with van der Waals surface area (Å²) in [6.07, 6.45) is 0. The van der Waals surface area contributed by atoms with E-state index in [1.54, 1.807) is 31.2 Å². The number of aryl methyl sites for hydroxylation is 2. The molecule has 0 bridgehead atoms. The van der Waals surface area contributed by atoms with Crippen molar-refractivity contribution in [3.05, 3.63) is 51.0 Å². The highest BCUT2D eigenvalue weighted by atomic mass is 32.1. The first-order valence-electron chi connectivity index (χ1n) is 7.57. The molecule has 0 radical (unpaired) electrons. The van der Waals surface area contributed by atoms with Crippen LogP contribution in [0.15, 0.2) is 24.3 Å². The van der Waals surface area contributed by atoms with E-state index in [2.05, 4.69) is 10.3 Å². The molecule has 2 aromatic rings. The summed E-state index contributed by atoms with van der Waals surface area (Å²) in [5, 5.41) is 3.55. The van der Waals surface area contributed by atoms with E-state index < -0.39 is 17.9 Å². The number of nitrogens with one attached hydrogen (secondary N) is 1. The fourth-order valence-electron chi connectivity index (χ4n) is 2.60. The first kappa shape index (κ1) is 16.3. The number of nitrogens with zero attached hydrogens (tertiary/aromatic N) is 2. The van der Waals surface area contributed by atoms with Gasteiger partial charge in [0.1, 0.15) is 11.0 Å². The Morgan fingerprint density at radius 2 is 1.79 bits per heavy atom. The highest BCUT2D eigenvalue weighted by molar-refractivity contribution is 7.11. The van der Waals surface area contributed by atoms with Gasteiger partial charge in [0.15, 0.2) is 0 Å². The molecule has 3 rings (SSSR count). The predicted octanol–water partition coefficient (Wildman–Crippen LogP) is 2.06. The van der Waals surface area contributed by atoms with Crippen molar-refractivity contribution in [2.24, 2.45) is 0 Å². The van der Waals surface area contributed by atoms with Crippen LogP contribution >= 0.6 is 11.3 Å². The molecule has 0 aliphatic carbocycles. The fraction of sp³-hybridized carbons (Fsp3) is 0.294. The van der Waals surface area contributed by atoms with Gasteiger partial charge in [-0.1, -0.05) is 12.1 Å². The number of rotatable bonds is 4. The van der Waals surface area contributed by atoms with Crippen LogP contribution in [-0.2, 0) is 11.3 Å². The molecule has 1 N–H and O–H groups in total.